The van der Waals surface area contributed by atoms with Crippen molar-refractivity contribution in [1.29, 1.82) is 0 Å². The normalized spacial score (nSPS) is 21.4. The minimum Gasteiger partial charge on any atom is -0.197 e. The van der Waals surface area contributed by atoms with Gasteiger partial charge in [-0.05, 0) is 19.3 Å². The Labute approximate surface area is 51.0 Å². The van der Waals surface area contributed by atoms with Crippen LogP contribution in [0.3, 0.4) is 0 Å². The summed E-state index contributed by atoms with van der Waals surface area (Å²) in [6, 6.07) is 0. The van der Waals surface area contributed by atoms with Crippen molar-refractivity contribution in [1.82, 2.24) is 0 Å². The molecule has 0 heterocycles. The standard InChI is InChI=1S/C7H13O/c1-8-7-5-3-2-4-6-7/h2-6H2,1H3/q+1. The van der Waals surface area contributed by atoms with Crippen LogP contribution < -0.4 is 0 Å². The molecule has 0 aromatic rings. The Kier molecular flexibility index (Phi) is 2.22. The van der Waals surface area contributed by atoms with Gasteiger partial charge in [-0.25, -0.2) is 0 Å². The molecule has 0 aliphatic heterocycles. The molecule has 0 atom stereocenters. The molecular weight excluding hydrogens is 100 g/mol. The predicted octanol–water partition coefficient (Wildman–Crippen LogP) is 2.13. The van der Waals surface area contributed by atoms with Crippen LogP contribution in [0.15, 0.2) is 0 Å². The van der Waals surface area contributed by atoms with Gasteiger partial charge >= 0.3 is 0 Å². The van der Waals surface area contributed by atoms with E-state index in [1.165, 1.54) is 38.2 Å². The Morgan fingerprint density at radius 2 is 1.75 bits per heavy atom. The van der Waals surface area contributed by atoms with E-state index in [1.54, 1.807) is 7.11 Å². The van der Waals surface area contributed by atoms with Crippen molar-refractivity contribution >= 4 is 0 Å². The molecule has 1 nitrogen and oxygen atoms in total. The lowest BCUT2D eigenvalue weighted by Gasteiger charge is -2.07. The maximum absolute atomic E-state index is 5.11. The van der Waals surface area contributed by atoms with Crippen LogP contribution in [0.25, 0.3) is 0 Å². The van der Waals surface area contributed by atoms with Crippen LogP contribution >= 0.6 is 0 Å². The molecule has 0 radical (unpaired) electrons. The molecule has 0 unspecified atom stereocenters. The van der Waals surface area contributed by atoms with Gasteiger partial charge in [-0.1, -0.05) is 0 Å². The summed E-state index contributed by atoms with van der Waals surface area (Å²) in [5, 5.41) is 0. The van der Waals surface area contributed by atoms with Gasteiger partial charge in [0.15, 0.2) is 0 Å². The van der Waals surface area contributed by atoms with E-state index in [4.69, 9.17) is 4.74 Å². The van der Waals surface area contributed by atoms with Crippen molar-refractivity contribution in [3.8, 4) is 0 Å². The summed E-state index contributed by atoms with van der Waals surface area (Å²) in [6.07, 6.45) is 7.78. The molecule has 1 aliphatic carbocycles. The van der Waals surface area contributed by atoms with Crippen LogP contribution in [0, 0.1) is 6.10 Å². The first-order chi connectivity index (χ1) is 3.93. The van der Waals surface area contributed by atoms with E-state index in [2.05, 4.69) is 0 Å². The molecule has 0 aromatic carbocycles. The van der Waals surface area contributed by atoms with Gasteiger partial charge in [-0.15, -0.1) is 0 Å². The largest absolute Gasteiger partial charge is 0.240 e. The van der Waals surface area contributed by atoms with Gasteiger partial charge in [0.05, 0.1) is 7.11 Å². The van der Waals surface area contributed by atoms with Crippen LogP contribution in [0.1, 0.15) is 32.1 Å². The van der Waals surface area contributed by atoms with Gasteiger partial charge in [-0.3, -0.25) is 0 Å². The van der Waals surface area contributed by atoms with Crippen LogP contribution in [0.5, 0.6) is 0 Å². The molecule has 1 fully saturated rings. The van der Waals surface area contributed by atoms with Crippen LogP contribution in [-0.4, -0.2) is 7.11 Å². The highest BCUT2D eigenvalue weighted by Crippen LogP contribution is 2.25. The van der Waals surface area contributed by atoms with Crippen LogP contribution in [0.4, 0.5) is 0 Å². The third-order valence-electron chi connectivity index (χ3n) is 1.70. The molecule has 0 saturated heterocycles. The first-order valence-electron chi connectivity index (χ1n) is 3.32. The fourth-order valence-corrected chi connectivity index (χ4v) is 1.15. The van der Waals surface area contributed by atoms with E-state index in [0.717, 1.165) is 0 Å². The summed E-state index contributed by atoms with van der Waals surface area (Å²) in [5.74, 6) is 0. The lowest BCUT2D eigenvalue weighted by atomic mass is 9.98. The Morgan fingerprint density at radius 1 is 1.12 bits per heavy atom. The first-order valence-corrected chi connectivity index (χ1v) is 3.32. The highest BCUT2D eigenvalue weighted by Gasteiger charge is 2.23. The molecule has 0 spiro atoms. The van der Waals surface area contributed by atoms with Gasteiger partial charge in [0.2, 0.25) is 6.10 Å². The highest BCUT2D eigenvalue weighted by atomic mass is 16.5. The Balaban J connectivity index is 2.13. The minimum absolute atomic E-state index is 1.20. The Bertz CT molecular complexity index is 55.4. The fraction of sp³-hybridized carbons (Fsp3) is 0.857. The van der Waals surface area contributed by atoms with Crippen molar-refractivity contribution in [3.63, 3.8) is 0 Å². The zero-order valence-electron chi connectivity index (χ0n) is 5.44. The van der Waals surface area contributed by atoms with Crippen molar-refractivity contribution in [2.45, 2.75) is 32.1 Å². The topological polar surface area (TPSA) is 9.23 Å². The molecule has 1 saturated carbocycles. The second-order valence-electron chi connectivity index (χ2n) is 2.30. The lowest BCUT2D eigenvalue weighted by molar-refractivity contribution is 0.166. The van der Waals surface area contributed by atoms with E-state index in [1.807, 2.05) is 0 Å². The lowest BCUT2D eigenvalue weighted by Crippen LogP contribution is -2.04. The smallest absolute Gasteiger partial charge is 0.197 e. The van der Waals surface area contributed by atoms with E-state index in [-0.39, 0.29) is 0 Å². The van der Waals surface area contributed by atoms with E-state index in [9.17, 15) is 0 Å². The van der Waals surface area contributed by atoms with Crippen LogP contribution in [-0.2, 0) is 4.74 Å². The number of methoxy groups -OCH3 is 1. The molecule has 1 aliphatic rings. The number of hydrogen-bond donors (Lipinski definition) is 0. The Morgan fingerprint density at radius 3 is 2.12 bits per heavy atom. The van der Waals surface area contributed by atoms with E-state index in [0.29, 0.717) is 0 Å². The average molecular weight is 113 g/mol. The molecular formula is C7H13O+. The number of ether oxygens (including phenoxy) is 1. The highest BCUT2D eigenvalue weighted by molar-refractivity contribution is 4.81. The number of hydrogen-bond acceptors (Lipinski definition) is 1. The zero-order chi connectivity index (χ0) is 5.82. The van der Waals surface area contributed by atoms with Gasteiger partial charge < -0.3 is 0 Å². The molecule has 46 valence electrons. The second kappa shape index (κ2) is 2.98. The van der Waals surface area contributed by atoms with Crippen molar-refractivity contribution in [2.75, 3.05) is 7.11 Å². The molecule has 1 heteroatoms. The molecule has 0 N–H and O–H groups in total. The predicted molar refractivity (Wildman–Crippen MR) is 33.3 cm³/mol. The summed E-state index contributed by atoms with van der Waals surface area (Å²) in [7, 11) is 1.78. The maximum Gasteiger partial charge on any atom is 0.240 e. The van der Waals surface area contributed by atoms with Gasteiger partial charge in [0.25, 0.3) is 0 Å². The quantitative estimate of drug-likeness (QED) is 0.473. The summed E-state index contributed by atoms with van der Waals surface area (Å²) >= 11 is 0. The molecule has 0 bridgehead atoms. The molecule has 0 amide bonds. The fourth-order valence-electron chi connectivity index (χ4n) is 1.15. The molecule has 1 rings (SSSR count). The zero-order valence-corrected chi connectivity index (χ0v) is 5.44. The third-order valence-corrected chi connectivity index (χ3v) is 1.70. The van der Waals surface area contributed by atoms with Gasteiger partial charge in [-0.2, -0.15) is 4.74 Å². The summed E-state index contributed by atoms with van der Waals surface area (Å²) in [5.41, 5.74) is 0. The van der Waals surface area contributed by atoms with Crippen LogP contribution in [0.2, 0.25) is 0 Å². The first kappa shape index (κ1) is 5.96. The van der Waals surface area contributed by atoms with Gasteiger partial charge in [0.1, 0.15) is 12.8 Å². The third kappa shape index (κ3) is 1.41. The average Bonchev–Trinajstić information content (AvgIpc) is 1.90. The second-order valence-corrected chi connectivity index (χ2v) is 2.30. The van der Waals surface area contributed by atoms with Gasteiger partial charge in [0, 0.05) is 0 Å². The summed E-state index contributed by atoms with van der Waals surface area (Å²) < 4.78 is 5.11. The number of rotatable bonds is 1. The minimum atomic E-state index is 1.20. The van der Waals surface area contributed by atoms with E-state index >= 15 is 0 Å². The molecule has 0 aromatic heterocycles. The van der Waals surface area contributed by atoms with Crippen molar-refractivity contribution in [3.05, 3.63) is 6.10 Å². The summed E-state index contributed by atoms with van der Waals surface area (Å²) in [6.45, 7) is 0. The summed E-state index contributed by atoms with van der Waals surface area (Å²) in [4.78, 5) is 0. The maximum atomic E-state index is 5.11. The Hall–Kier alpha value is -0.170. The van der Waals surface area contributed by atoms with Crippen molar-refractivity contribution in [2.24, 2.45) is 0 Å². The monoisotopic (exact) mass is 113 g/mol. The molecule has 8 heavy (non-hydrogen) atoms. The SMILES string of the molecule is CO[C+]1CCCCC1. The van der Waals surface area contributed by atoms with Crippen molar-refractivity contribution < 1.29 is 4.74 Å². The van der Waals surface area contributed by atoms with E-state index < -0.39 is 0 Å².